The fraction of sp³-hybridized carbons (Fsp3) is 0.127. The summed E-state index contributed by atoms with van der Waals surface area (Å²) in [6.45, 7) is 16.3. The van der Waals surface area contributed by atoms with Gasteiger partial charge in [-0.2, -0.15) is 0 Å². The number of rotatable bonds is 6. The van der Waals surface area contributed by atoms with Crippen molar-refractivity contribution >= 4 is 95.2 Å². The van der Waals surface area contributed by atoms with Crippen LogP contribution in [-0.4, -0.2) is 11.3 Å². The Morgan fingerprint density at radius 2 is 0.973 bits per heavy atom. The molecule has 3 nitrogen and oxygen atoms in total. The summed E-state index contributed by atoms with van der Waals surface area (Å²) in [5.74, 6) is 0. The first-order chi connectivity index (χ1) is 36.4. The van der Waals surface area contributed by atoms with Gasteiger partial charge in [0.05, 0.1) is 0 Å². The van der Waals surface area contributed by atoms with Crippen molar-refractivity contribution in [2.45, 2.75) is 59.3 Å². The number of fused-ring (bicyclic) bond motifs is 9. The minimum Gasteiger partial charge on any atom is -0.375 e. The third kappa shape index (κ3) is 7.18. The maximum atomic E-state index is 2.74. The summed E-state index contributed by atoms with van der Waals surface area (Å²) >= 11 is 0. The van der Waals surface area contributed by atoms with Gasteiger partial charge in [0.2, 0.25) is 0 Å². The van der Waals surface area contributed by atoms with Gasteiger partial charge in [0, 0.05) is 61.5 Å². The van der Waals surface area contributed by atoms with Crippen molar-refractivity contribution in [2.24, 2.45) is 0 Å². The maximum absolute atomic E-state index is 2.74. The number of benzene rings is 11. The van der Waals surface area contributed by atoms with E-state index in [1.807, 2.05) is 0 Å². The Morgan fingerprint density at radius 3 is 1.57 bits per heavy atom. The van der Waals surface area contributed by atoms with E-state index in [4.69, 9.17) is 0 Å². The molecular weight excluding hydrogens is 906 g/mol. The zero-order valence-electron chi connectivity index (χ0n) is 43.8. The van der Waals surface area contributed by atoms with Crippen molar-refractivity contribution in [1.29, 1.82) is 0 Å². The van der Waals surface area contributed by atoms with Crippen LogP contribution in [0.1, 0.15) is 58.2 Å². The van der Waals surface area contributed by atoms with E-state index in [0.717, 1.165) is 22.7 Å². The first-order valence-electron chi connectivity index (χ1n) is 26.6. The molecule has 0 saturated heterocycles. The number of aromatic nitrogens is 1. The second-order valence-electron chi connectivity index (χ2n) is 23.1. The largest absolute Gasteiger partial charge is 0.375 e. The normalized spacial score (nSPS) is 12.9. The van der Waals surface area contributed by atoms with Crippen LogP contribution in [0.25, 0.3) is 76.7 Å². The molecule has 2 aliphatic rings. The van der Waals surface area contributed by atoms with Crippen molar-refractivity contribution in [3.8, 4) is 33.4 Å². The first-order valence-corrected chi connectivity index (χ1v) is 26.6. The third-order valence-electron chi connectivity index (χ3n) is 16.3. The summed E-state index contributed by atoms with van der Waals surface area (Å²) in [6.07, 6.45) is 0. The van der Waals surface area contributed by atoms with Gasteiger partial charge in [-0.3, -0.25) is 0 Å². The molecule has 0 radical (unpaired) electrons. The van der Waals surface area contributed by atoms with Gasteiger partial charge in [0.25, 0.3) is 0 Å². The highest BCUT2D eigenvalue weighted by atomic mass is 15.2. The molecule has 0 amide bonds. The summed E-state index contributed by atoms with van der Waals surface area (Å²) in [5.41, 5.74) is 23.1. The molecule has 0 bridgehead atoms. The lowest BCUT2D eigenvalue weighted by Gasteiger charge is -2.43. The van der Waals surface area contributed by atoms with Gasteiger partial charge in [0.15, 0.2) is 0 Å². The van der Waals surface area contributed by atoms with Crippen molar-refractivity contribution in [2.75, 3.05) is 9.80 Å². The van der Waals surface area contributed by atoms with Crippen LogP contribution in [0.3, 0.4) is 0 Å². The van der Waals surface area contributed by atoms with Gasteiger partial charge in [-0.05, 0) is 186 Å². The Hall–Kier alpha value is -8.60. The van der Waals surface area contributed by atoms with Gasteiger partial charge < -0.3 is 14.3 Å². The van der Waals surface area contributed by atoms with E-state index in [0.29, 0.717) is 0 Å². The standard InChI is InChI=1S/C71H58BN3/c1-45-59-38-49-27-21-20-26-48(49)34-52(59)39-64-68(45)74(57-36-50(46-22-12-8-13-23-46)35-51(37-57)47-24-14-9-15-25-47)66-44-58(73(55-28-16-10-17-29-55)56-30-18-11-19-31-56)43-61-63-42-54(71(5,6)7)41-62-60-40-53(70(2,3)4)32-33-65(60)75(69(62)63)72(64)67(61)66/h8-44H,1-7H3. The molecule has 0 saturated carbocycles. The smallest absolute Gasteiger partial charge is 0.333 e. The maximum Gasteiger partial charge on any atom is 0.333 e. The highest BCUT2D eigenvalue weighted by Crippen LogP contribution is 2.52. The quantitative estimate of drug-likeness (QED) is 0.122. The van der Waals surface area contributed by atoms with Crippen LogP contribution in [0.15, 0.2) is 224 Å². The van der Waals surface area contributed by atoms with Gasteiger partial charge in [-0.25, -0.2) is 0 Å². The van der Waals surface area contributed by atoms with E-state index < -0.39 is 0 Å². The molecule has 360 valence electrons. The molecule has 4 heteroatoms. The summed E-state index contributed by atoms with van der Waals surface area (Å²) < 4.78 is 2.74. The van der Waals surface area contributed by atoms with Crippen LogP contribution >= 0.6 is 0 Å². The molecule has 0 spiro atoms. The lowest BCUT2D eigenvalue weighted by atomic mass is 9.44. The third-order valence-corrected chi connectivity index (χ3v) is 16.3. The predicted molar refractivity (Wildman–Crippen MR) is 323 cm³/mol. The number of aryl methyl sites for hydroxylation is 1. The molecule has 0 fully saturated rings. The summed E-state index contributed by atoms with van der Waals surface area (Å²) in [5, 5.41) is 7.64. The number of para-hydroxylation sites is 2. The number of hydrogen-bond acceptors (Lipinski definition) is 2. The Balaban J connectivity index is 1.19. The number of hydrogen-bond donors (Lipinski definition) is 0. The second kappa shape index (κ2) is 16.7. The van der Waals surface area contributed by atoms with Crippen LogP contribution in [0.5, 0.6) is 0 Å². The SMILES string of the molecule is Cc1c2c(cc3cc4ccccc4cc13)B1c3c(cc(N(c4ccccc4)c4ccccc4)cc3N2c2cc(-c3ccccc3)cc(-c3ccccc3)c2)-c2cc(C(C)(C)C)cc3c4cc(C(C)(C)C)ccc4n1c23. The average molecular weight is 964 g/mol. The van der Waals surface area contributed by atoms with Crippen LogP contribution < -0.4 is 20.7 Å². The van der Waals surface area contributed by atoms with Crippen LogP contribution in [0.4, 0.5) is 34.1 Å². The minimum atomic E-state index is -0.147. The molecule has 1 aromatic heterocycles. The Labute approximate surface area is 441 Å². The fourth-order valence-electron chi connectivity index (χ4n) is 12.5. The summed E-state index contributed by atoms with van der Waals surface area (Å²) in [4.78, 5) is 5.11. The average Bonchev–Trinajstić information content (AvgIpc) is 3.77. The van der Waals surface area contributed by atoms with Crippen LogP contribution in [0.2, 0.25) is 0 Å². The summed E-state index contributed by atoms with van der Waals surface area (Å²) in [6, 6.07) is 84.6. The highest BCUT2D eigenvalue weighted by molar-refractivity contribution is 6.90. The zero-order valence-corrected chi connectivity index (χ0v) is 43.8. The van der Waals surface area contributed by atoms with Crippen molar-refractivity contribution in [3.63, 3.8) is 0 Å². The predicted octanol–water partition coefficient (Wildman–Crippen LogP) is 18.2. The molecule has 3 heterocycles. The first kappa shape index (κ1) is 45.1. The lowest BCUT2D eigenvalue weighted by Crippen LogP contribution is -2.57. The Kier molecular flexibility index (Phi) is 10.0. The van der Waals surface area contributed by atoms with E-state index in [2.05, 4.69) is 287 Å². The minimum absolute atomic E-state index is 0.0275. The molecule has 12 aromatic rings. The zero-order chi connectivity index (χ0) is 50.9. The van der Waals surface area contributed by atoms with Crippen molar-refractivity contribution in [1.82, 2.24) is 4.48 Å². The Bertz CT molecular complexity index is 4160. The molecule has 0 N–H and O–H groups in total. The van der Waals surface area contributed by atoms with E-state index in [-0.39, 0.29) is 17.7 Å². The highest BCUT2D eigenvalue weighted by Gasteiger charge is 2.45. The molecule has 0 unspecified atom stereocenters. The molecule has 14 rings (SSSR count). The van der Waals surface area contributed by atoms with E-state index in [1.165, 1.54) is 116 Å². The Morgan fingerprint density at radius 1 is 0.413 bits per heavy atom. The van der Waals surface area contributed by atoms with E-state index >= 15 is 0 Å². The summed E-state index contributed by atoms with van der Waals surface area (Å²) in [7, 11) is 0. The van der Waals surface area contributed by atoms with Gasteiger partial charge in [-0.15, -0.1) is 0 Å². The lowest BCUT2D eigenvalue weighted by molar-refractivity contribution is 0.590. The number of nitrogens with zero attached hydrogens (tertiary/aromatic N) is 3. The van der Waals surface area contributed by atoms with Crippen molar-refractivity contribution in [3.05, 3.63) is 241 Å². The molecule has 2 aliphatic heterocycles. The second-order valence-corrected chi connectivity index (χ2v) is 23.1. The topological polar surface area (TPSA) is 11.4 Å². The van der Waals surface area contributed by atoms with Gasteiger partial charge in [-0.1, -0.05) is 175 Å². The fourth-order valence-corrected chi connectivity index (χ4v) is 12.5. The molecule has 0 aliphatic carbocycles. The number of anilines is 6. The van der Waals surface area contributed by atoms with Crippen LogP contribution in [-0.2, 0) is 10.8 Å². The van der Waals surface area contributed by atoms with E-state index in [1.54, 1.807) is 0 Å². The van der Waals surface area contributed by atoms with Crippen LogP contribution in [0, 0.1) is 6.92 Å². The van der Waals surface area contributed by atoms with Crippen molar-refractivity contribution < 1.29 is 0 Å². The molecular formula is C71H58BN3. The van der Waals surface area contributed by atoms with Gasteiger partial charge >= 0.3 is 6.85 Å². The molecule has 0 atom stereocenters. The van der Waals surface area contributed by atoms with E-state index in [9.17, 15) is 0 Å². The van der Waals surface area contributed by atoms with Gasteiger partial charge in [0.1, 0.15) is 0 Å². The molecule has 75 heavy (non-hydrogen) atoms. The molecule has 11 aromatic carbocycles. The monoisotopic (exact) mass is 963 g/mol.